The second kappa shape index (κ2) is 8.32. The molecule has 2 nitrogen and oxygen atoms in total. The van der Waals surface area contributed by atoms with E-state index in [4.69, 9.17) is 5.73 Å². The van der Waals surface area contributed by atoms with Crippen LogP contribution in [0.15, 0.2) is 0 Å². The van der Waals surface area contributed by atoms with Crippen LogP contribution < -0.4 is 5.73 Å². The van der Waals surface area contributed by atoms with Crippen LogP contribution in [-0.4, -0.2) is 31.1 Å². The van der Waals surface area contributed by atoms with Crippen molar-refractivity contribution in [1.29, 1.82) is 0 Å². The molecule has 1 saturated carbocycles. The van der Waals surface area contributed by atoms with E-state index in [2.05, 4.69) is 25.8 Å². The predicted octanol–water partition coefficient (Wildman–Crippen LogP) is 2.90. The van der Waals surface area contributed by atoms with Crippen molar-refractivity contribution in [3.8, 4) is 0 Å². The highest BCUT2D eigenvalue weighted by atomic mass is 35.5. The summed E-state index contributed by atoms with van der Waals surface area (Å²) in [5, 5.41) is 0. The smallest absolute Gasteiger partial charge is 0.0187 e. The molecule has 0 bridgehead atoms. The Labute approximate surface area is 107 Å². The maximum absolute atomic E-state index is 5.66. The lowest BCUT2D eigenvalue weighted by Gasteiger charge is -2.30. The fourth-order valence-electron chi connectivity index (χ4n) is 2.61. The van der Waals surface area contributed by atoms with Crippen molar-refractivity contribution < 1.29 is 0 Å². The summed E-state index contributed by atoms with van der Waals surface area (Å²) in [6.07, 6.45) is 7.17. The van der Waals surface area contributed by atoms with Gasteiger partial charge in [0.1, 0.15) is 0 Å². The SMILES string of the molecule is CC1CCCC(CCN(C)C(C)CN)C1.Cl. The number of nitrogens with zero attached hydrogens (tertiary/aromatic N) is 1. The number of hydrogen-bond acceptors (Lipinski definition) is 2. The highest BCUT2D eigenvalue weighted by Crippen LogP contribution is 2.30. The van der Waals surface area contributed by atoms with Gasteiger partial charge in [0, 0.05) is 12.6 Å². The number of likely N-dealkylation sites (N-methyl/N-ethyl adjacent to an activating group) is 1. The van der Waals surface area contributed by atoms with Crippen molar-refractivity contribution in [2.75, 3.05) is 20.1 Å². The zero-order chi connectivity index (χ0) is 11.3. The van der Waals surface area contributed by atoms with Gasteiger partial charge in [0.25, 0.3) is 0 Å². The van der Waals surface area contributed by atoms with Crippen molar-refractivity contribution >= 4 is 12.4 Å². The minimum absolute atomic E-state index is 0. The molecule has 3 heteroatoms. The van der Waals surface area contributed by atoms with Crippen LogP contribution in [0.2, 0.25) is 0 Å². The summed E-state index contributed by atoms with van der Waals surface area (Å²) in [5.41, 5.74) is 5.66. The first-order chi connectivity index (χ1) is 7.13. The molecule has 16 heavy (non-hydrogen) atoms. The Morgan fingerprint density at radius 2 is 2.06 bits per heavy atom. The molecule has 3 unspecified atom stereocenters. The molecule has 0 aromatic carbocycles. The third-order valence-corrected chi connectivity index (χ3v) is 4.03. The van der Waals surface area contributed by atoms with Crippen molar-refractivity contribution in [3.63, 3.8) is 0 Å². The van der Waals surface area contributed by atoms with Crippen molar-refractivity contribution in [2.45, 2.75) is 52.0 Å². The molecule has 0 aromatic rings. The van der Waals surface area contributed by atoms with Crippen LogP contribution in [0, 0.1) is 11.8 Å². The molecular weight excluding hydrogens is 220 g/mol. The van der Waals surface area contributed by atoms with Gasteiger partial charge in [-0.15, -0.1) is 12.4 Å². The van der Waals surface area contributed by atoms with Gasteiger partial charge < -0.3 is 10.6 Å². The average Bonchev–Trinajstić information content (AvgIpc) is 2.25. The minimum Gasteiger partial charge on any atom is -0.329 e. The molecular formula is C13H29ClN2. The molecule has 0 saturated heterocycles. The highest BCUT2D eigenvalue weighted by molar-refractivity contribution is 5.85. The first-order valence-corrected chi connectivity index (χ1v) is 6.53. The molecule has 0 aliphatic heterocycles. The Morgan fingerprint density at radius 1 is 1.38 bits per heavy atom. The average molecular weight is 249 g/mol. The number of rotatable bonds is 5. The highest BCUT2D eigenvalue weighted by Gasteiger charge is 2.19. The molecule has 0 spiro atoms. The number of hydrogen-bond donors (Lipinski definition) is 1. The van der Waals surface area contributed by atoms with Crippen LogP contribution in [0.4, 0.5) is 0 Å². The van der Waals surface area contributed by atoms with Crippen LogP contribution in [0.1, 0.15) is 46.0 Å². The summed E-state index contributed by atoms with van der Waals surface area (Å²) in [6.45, 7) is 6.61. The van der Waals surface area contributed by atoms with Gasteiger partial charge in [0.05, 0.1) is 0 Å². The maximum atomic E-state index is 5.66. The summed E-state index contributed by atoms with van der Waals surface area (Å²) in [5.74, 6) is 1.93. The quantitative estimate of drug-likeness (QED) is 0.811. The standard InChI is InChI=1S/C13H28N2.ClH/c1-11-5-4-6-13(9-11)7-8-15(3)12(2)10-14;/h11-13H,4-10,14H2,1-3H3;1H. The normalized spacial score (nSPS) is 27.6. The van der Waals surface area contributed by atoms with Gasteiger partial charge in [-0.05, 0) is 45.2 Å². The third kappa shape index (κ3) is 5.51. The topological polar surface area (TPSA) is 29.3 Å². The fourth-order valence-corrected chi connectivity index (χ4v) is 2.61. The second-order valence-corrected chi connectivity index (χ2v) is 5.49. The van der Waals surface area contributed by atoms with E-state index in [1.807, 2.05) is 0 Å². The molecule has 1 rings (SSSR count). The summed E-state index contributed by atoms with van der Waals surface area (Å²) in [7, 11) is 2.20. The number of halogens is 1. The molecule has 0 heterocycles. The summed E-state index contributed by atoms with van der Waals surface area (Å²) < 4.78 is 0. The molecule has 0 radical (unpaired) electrons. The van der Waals surface area contributed by atoms with E-state index in [0.29, 0.717) is 6.04 Å². The van der Waals surface area contributed by atoms with E-state index >= 15 is 0 Å². The monoisotopic (exact) mass is 248 g/mol. The lowest BCUT2D eigenvalue weighted by Crippen LogP contribution is -2.36. The van der Waals surface area contributed by atoms with Crippen LogP contribution >= 0.6 is 12.4 Å². The van der Waals surface area contributed by atoms with Gasteiger partial charge in [0.2, 0.25) is 0 Å². The van der Waals surface area contributed by atoms with E-state index < -0.39 is 0 Å². The van der Waals surface area contributed by atoms with E-state index in [9.17, 15) is 0 Å². The van der Waals surface area contributed by atoms with Crippen LogP contribution in [0.25, 0.3) is 0 Å². The van der Waals surface area contributed by atoms with Crippen molar-refractivity contribution in [2.24, 2.45) is 17.6 Å². The largest absolute Gasteiger partial charge is 0.329 e. The van der Waals surface area contributed by atoms with Crippen LogP contribution in [0.3, 0.4) is 0 Å². The molecule has 3 atom stereocenters. The molecule has 0 amide bonds. The molecule has 1 aliphatic rings. The third-order valence-electron chi connectivity index (χ3n) is 4.03. The van der Waals surface area contributed by atoms with Gasteiger partial charge in [-0.3, -0.25) is 0 Å². The van der Waals surface area contributed by atoms with Crippen LogP contribution in [-0.2, 0) is 0 Å². The summed E-state index contributed by atoms with van der Waals surface area (Å²) >= 11 is 0. The number of nitrogens with two attached hydrogens (primary N) is 1. The molecule has 0 aromatic heterocycles. The second-order valence-electron chi connectivity index (χ2n) is 5.49. The lowest BCUT2D eigenvalue weighted by atomic mass is 9.81. The minimum atomic E-state index is 0. The fraction of sp³-hybridized carbons (Fsp3) is 1.00. The first kappa shape index (κ1) is 16.2. The van der Waals surface area contributed by atoms with Crippen LogP contribution in [0.5, 0.6) is 0 Å². The first-order valence-electron chi connectivity index (χ1n) is 6.53. The Morgan fingerprint density at radius 3 is 2.62 bits per heavy atom. The maximum Gasteiger partial charge on any atom is 0.0187 e. The van der Waals surface area contributed by atoms with Gasteiger partial charge in [0.15, 0.2) is 0 Å². The zero-order valence-electron chi connectivity index (χ0n) is 11.1. The molecule has 2 N–H and O–H groups in total. The van der Waals surface area contributed by atoms with E-state index in [1.54, 1.807) is 0 Å². The van der Waals surface area contributed by atoms with Gasteiger partial charge in [-0.2, -0.15) is 0 Å². The zero-order valence-corrected chi connectivity index (χ0v) is 11.9. The Kier molecular flexibility index (Phi) is 8.43. The van der Waals surface area contributed by atoms with E-state index in [0.717, 1.165) is 18.4 Å². The predicted molar refractivity (Wildman–Crippen MR) is 74.1 cm³/mol. The Bertz CT molecular complexity index is 175. The lowest BCUT2D eigenvalue weighted by molar-refractivity contribution is 0.206. The molecule has 98 valence electrons. The van der Waals surface area contributed by atoms with Gasteiger partial charge in [-0.1, -0.05) is 26.2 Å². The summed E-state index contributed by atoms with van der Waals surface area (Å²) in [4.78, 5) is 2.40. The molecule has 1 aliphatic carbocycles. The van der Waals surface area contributed by atoms with Gasteiger partial charge >= 0.3 is 0 Å². The Hall–Kier alpha value is 0.210. The summed E-state index contributed by atoms with van der Waals surface area (Å²) in [6, 6.07) is 0.533. The van der Waals surface area contributed by atoms with Crippen molar-refractivity contribution in [3.05, 3.63) is 0 Å². The van der Waals surface area contributed by atoms with Crippen molar-refractivity contribution in [1.82, 2.24) is 4.90 Å². The van der Waals surface area contributed by atoms with E-state index in [1.165, 1.54) is 38.6 Å². The Balaban J connectivity index is 0.00000225. The van der Waals surface area contributed by atoms with Gasteiger partial charge in [-0.25, -0.2) is 0 Å². The molecule has 1 fully saturated rings. The van der Waals surface area contributed by atoms with E-state index in [-0.39, 0.29) is 12.4 Å².